The van der Waals surface area contributed by atoms with E-state index in [1.165, 1.54) is 7.11 Å². The van der Waals surface area contributed by atoms with Crippen LogP contribution in [0, 0.1) is 6.92 Å². The van der Waals surface area contributed by atoms with Crippen LogP contribution < -0.4 is 20.1 Å². The number of carbonyl (C=O) groups excluding carboxylic acids is 2. The lowest BCUT2D eigenvalue weighted by Gasteiger charge is -2.29. The highest BCUT2D eigenvalue weighted by Crippen LogP contribution is 2.39. The summed E-state index contributed by atoms with van der Waals surface area (Å²) in [5.41, 5.74) is 2.79. The SMILES string of the molecule is COC(=O)c1cccc(-c2nc(C)n(CCC(C)(C)NCC(O)c3cc(OCc4ccccc4)cc4c3OCC(=O)N4)n2)c1.O=C(O)C(F)(F)F. The van der Waals surface area contributed by atoms with Gasteiger partial charge in [0.15, 0.2) is 12.4 Å². The number of alkyl halides is 3. The Morgan fingerprint density at radius 2 is 1.80 bits per heavy atom. The Morgan fingerprint density at radius 1 is 1.10 bits per heavy atom. The molecule has 1 unspecified atom stereocenters. The van der Waals surface area contributed by atoms with E-state index in [4.69, 9.17) is 24.1 Å². The minimum atomic E-state index is -5.08. The van der Waals surface area contributed by atoms with E-state index in [0.29, 0.717) is 53.7 Å². The number of hydrogen-bond acceptors (Lipinski definition) is 10. The highest BCUT2D eigenvalue weighted by molar-refractivity contribution is 5.96. The molecule has 1 aromatic heterocycles. The van der Waals surface area contributed by atoms with Gasteiger partial charge in [-0.1, -0.05) is 42.5 Å². The van der Waals surface area contributed by atoms with Crippen molar-refractivity contribution in [3.8, 4) is 22.9 Å². The van der Waals surface area contributed by atoms with Crippen LogP contribution in [0.25, 0.3) is 11.4 Å². The number of carboxylic acid groups (broad SMARTS) is 1. The van der Waals surface area contributed by atoms with E-state index >= 15 is 0 Å². The van der Waals surface area contributed by atoms with Crippen molar-refractivity contribution in [2.24, 2.45) is 0 Å². The lowest BCUT2D eigenvalue weighted by Crippen LogP contribution is -2.42. The van der Waals surface area contributed by atoms with Crippen molar-refractivity contribution in [3.05, 3.63) is 89.2 Å². The van der Waals surface area contributed by atoms with Gasteiger partial charge in [0.1, 0.15) is 23.9 Å². The topological polar surface area (TPSA) is 174 Å². The van der Waals surface area contributed by atoms with Crippen molar-refractivity contribution in [2.45, 2.75) is 58.2 Å². The van der Waals surface area contributed by atoms with Crippen LogP contribution >= 0.6 is 0 Å². The third-order valence-corrected chi connectivity index (χ3v) is 7.68. The summed E-state index contributed by atoms with van der Waals surface area (Å²) in [6.07, 6.45) is -5.32. The molecule has 51 heavy (non-hydrogen) atoms. The fraction of sp³-hybridized carbons (Fsp3) is 0.343. The van der Waals surface area contributed by atoms with Gasteiger partial charge < -0.3 is 35.1 Å². The number of β-amino-alcohol motifs (C(OH)–C–C–N with tert-alkyl or cyclic N) is 1. The first-order valence-electron chi connectivity index (χ1n) is 15.7. The molecule has 1 aliphatic rings. The summed E-state index contributed by atoms with van der Waals surface area (Å²) in [5, 5.41) is 29.4. The van der Waals surface area contributed by atoms with Crippen molar-refractivity contribution in [1.29, 1.82) is 0 Å². The molecule has 16 heteroatoms. The maximum absolute atomic E-state index is 12.0. The Morgan fingerprint density at radius 3 is 2.47 bits per heavy atom. The number of aliphatic hydroxyl groups excluding tert-OH is 1. The number of carbonyl (C=O) groups is 3. The normalized spacial score (nSPS) is 13.1. The number of amides is 1. The molecule has 0 saturated carbocycles. The number of aliphatic carboxylic acids is 1. The van der Waals surface area contributed by atoms with Crippen molar-refractivity contribution in [1.82, 2.24) is 20.1 Å². The second kappa shape index (κ2) is 16.5. The number of aromatic nitrogens is 3. The number of nitrogens with zero attached hydrogens (tertiary/aromatic N) is 3. The Bertz CT molecular complexity index is 1850. The van der Waals surface area contributed by atoms with E-state index in [1.807, 2.05) is 48.0 Å². The molecule has 4 aromatic rings. The van der Waals surface area contributed by atoms with Crippen LogP contribution in [-0.2, 0) is 27.5 Å². The maximum Gasteiger partial charge on any atom is 0.490 e. The number of methoxy groups -OCH3 is 1. The molecule has 13 nitrogen and oxygen atoms in total. The third-order valence-electron chi connectivity index (χ3n) is 7.68. The van der Waals surface area contributed by atoms with Gasteiger partial charge in [0.25, 0.3) is 5.91 Å². The summed E-state index contributed by atoms with van der Waals surface area (Å²) < 4.78 is 50.1. The van der Waals surface area contributed by atoms with Crippen LogP contribution in [0.2, 0.25) is 0 Å². The Kier molecular flexibility index (Phi) is 12.4. The number of aryl methyl sites for hydroxylation is 2. The Balaban J connectivity index is 0.000000755. The number of nitrogens with one attached hydrogen (secondary N) is 2. The summed E-state index contributed by atoms with van der Waals surface area (Å²) >= 11 is 0. The predicted molar refractivity (Wildman–Crippen MR) is 178 cm³/mol. The number of halogens is 3. The molecule has 4 N–H and O–H groups in total. The zero-order valence-corrected chi connectivity index (χ0v) is 28.3. The van der Waals surface area contributed by atoms with Crippen molar-refractivity contribution in [2.75, 3.05) is 25.6 Å². The van der Waals surface area contributed by atoms with Crippen LogP contribution in [0.15, 0.2) is 66.7 Å². The fourth-order valence-electron chi connectivity index (χ4n) is 4.89. The van der Waals surface area contributed by atoms with Crippen molar-refractivity contribution >= 4 is 23.5 Å². The Labute approximate surface area is 291 Å². The van der Waals surface area contributed by atoms with E-state index in [-0.39, 0.29) is 24.6 Å². The zero-order chi connectivity index (χ0) is 37.3. The molecular formula is C35H38F3N5O8. The lowest BCUT2D eigenvalue weighted by molar-refractivity contribution is -0.192. The Hall–Kier alpha value is -5.48. The van der Waals surface area contributed by atoms with Gasteiger partial charge in [-0.25, -0.2) is 19.3 Å². The first kappa shape index (κ1) is 38.3. The average molecular weight is 714 g/mol. The second-order valence-electron chi connectivity index (χ2n) is 12.1. The smallest absolute Gasteiger partial charge is 0.489 e. The van der Waals surface area contributed by atoms with Crippen LogP contribution in [-0.4, -0.2) is 74.8 Å². The van der Waals surface area contributed by atoms with Crippen molar-refractivity contribution in [3.63, 3.8) is 0 Å². The molecule has 2 heterocycles. The fourth-order valence-corrected chi connectivity index (χ4v) is 4.89. The zero-order valence-electron chi connectivity index (χ0n) is 28.3. The number of anilines is 1. The summed E-state index contributed by atoms with van der Waals surface area (Å²) in [6, 6.07) is 20.3. The van der Waals surface area contributed by atoms with Gasteiger partial charge in [-0.15, -0.1) is 0 Å². The number of aliphatic hydroxyl groups is 1. The molecule has 5 rings (SSSR count). The molecule has 272 valence electrons. The van der Waals surface area contributed by atoms with E-state index in [2.05, 4.69) is 34.6 Å². The van der Waals surface area contributed by atoms with Crippen LogP contribution in [0.3, 0.4) is 0 Å². The molecule has 0 bridgehead atoms. The molecule has 0 fully saturated rings. The third kappa shape index (κ3) is 10.8. The minimum Gasteiger partial charge on any atom is -0.489 e. The molecule has 3 aromatic carbocycles. The molecule has 0 spiro atoms. The summed E-state index contributed by atoms with van der Waals surface area (Å²) in [7, 11) is 1.35. The predicted octanol–water partition coefficient (Wildman–Crippen LogP) is 5.08. The first-order chi connectivity index (χ1) is 24.1. The molecule has 0 radical (unpaired) electrons. The van der Waals surface area contributed by atoms with Crippen molar-refractivity contribution < 1.29 is 52.0 Å². The van der Waals surface area contributed by atoms with Gasteiger partial charge in [0.05, 0.1) is 24.5 Å². The second-order valence-corrected chi connectivity index (χ2v) is 12.1. The minimum absolute atomic E-state index is 0.123. The molecule has 1 amide bonds. The van der Waals surface area contributed by atoms with Crippen LogP contribution in [0.1, 0.15) is 53.7 Å². The molecule has 0 aliphatic carbocycles. The summed E-state index contributed by atoms with van der Waals surface area (Å²) in [4.78, 5) is 37.5. The van der Waals surface area contributed by atoms with E-state index in [0.717, 1.165) is 17.0 Å². The van der Waals surface area contributed by atoms with Gasteiger partial charge in [-0.05, 0) is 51.0 Å². The number of benzene rings is 3. The number of carboxylic acids is 1. The first-order valence-corrected chi connectivity index (χ1v) is 15.7. The van der Waals surface area contributed by atoms with E-state index in [9.17, 15) is 27.9 Å². The summed E-state index contributed by atoms with van der Waals surface area (Å²) in [5.74, 6) is -1.21. The average Bonchev–Trinajstić information content (AvgIpc) is 3.48. The maximum atomic E-state index is 12.0. The number of ether oxygens (including phenoxy) is 3. The lowest BCUT2D eigenvalue weighted by atomic mass is 9.99. The van der Waals surface area contributed by atoms with E-state index in [1.54, 1.807) is 30.3 Å². The number of rotatable bonds is 12. The highest BCUT2D eigenvalue weighted by atomic mass is 19.4. The number of fused-ring (bicyclic) bond motifs is 1. The molecule has 1 aliphatic heterocycles. The monoisotopic (exact) mass is 713 g/mol. The van der Waals surface area contributed by atoms with Gasteiger partial charge in [0, 0.05) is 35.8 Å². The number of hydrogen-bond donors (Lipinski definition) is 4. The molecular weight excluding hydrogens is 675 g/mol. The number of esters is 1. The largest absolute Gasteiger partial charge is 0.490 e. The quantitative estimate of drug-likeness (QED) is 0.144. The van der Waals surface area contributed by atoms with Gasteiger partial charge in [0.2, 0.25) is 0 Å². The van der Waals surface area contributed by atoms with Gasteiger partial charge >= 0.3 is 18.1 Å². The van der Waals surface area contributed by atoms with Crippen LogP contribution in [0.4, 0.5) is 18.9 Å². The summed E-state index contributed by atoms with van der Waals surface area (Å²) in [6.45, 7) is 7.04. The highest BCUT2D eigenvalue weighted by Gasteiger charge is 2.38. The molecule has 0 saturated heterocycles. The molecule has 1 atom stereocenters. The van der Waals surface area contributed by atoms with E-state index < -0.39 is 24.2 Å². The van der Waals surface area contributed by atoms with Gasteiger partial charge in [-0.2, -0.15) is 18.3 Å². The van der Waals surface area contributed by atoms with Gasteiger partial charge in [-0.3, -0.25) is 4.79 Å². The van der Waals surface area contributed by atoms with Crippen LogP contribution in [0.5, 0.6) is 11.5 Å². The standard InChI is InChI=1S/C33H37N5O6.C2HF3O2/c1-21-35-31(23-11-8-12-24(15-23)32(41)42-4)37-38(21)14-13-33(2,3)34-18-28(39)26-16-25(43-19-22-9-6-5-7-10-22)17-27-30(26)44-20-29(40)36-27;3-2(4,5)1(6)7/h5-12,15-17,28,34,39H,13-14,18-20H2,1-4H3,(H,36,40);(H,6,7).